The van der Waals surface area contributed by atoms with Crippen molar-refractivity contribution in [2.75, 3.05) is 5.32 Å². The fourth-order valence-corrected chi connectivity index (χ4v) is 3.48. The Morgan fingerprint density at radius 3 is 2.48 bits per heavy atom. The highest BCUT2D eigenvalue weighted by Crippen LogP contribution is 2.30. The van der Waals surface area contributed by atoms with Crippen LogP contribution >= 0.6 is 0 Å². The lowest BCUT2D eigenvalue weighted by molar-refractivity contribution is 0.590. The first kappa shape index (κ1) is 20.3. The van der Waals surface area contributed by atoms with Gasteiger partial charge in [-0.3, -0.25) is 4.68 Å². The van der Waals surface area contributed by atoms with E-state index in [1.165, 1.54) is 6.07 Å². The lowest BCUT2D eigenvalue weighted by atomic mass is 10.0. The highest BCUT2D eigenvalue weighted by molar-refractivity contribution is 5.55. The standard InChI is InChI=1S/C25H22FN5/c1-3-17-11-14-22(26)21(15-17)23(28-20-12-9-18(16-27)10-13-20)25-29-24(30-31(25)2)19-7-5-4-6-8-19/h4-15,23,28H,3H2,1-2H3. The van der Waals surface area contributed by atoms with Crippen LogP contribution in [0.4, 0.5) is 10.1 Å². The first-order valence-corrected chi connectivity index (χ1v) is 10.1. The number of hydrogen-bond acceptors (Lipinski definition) is 4. The summed E-state index contributed by atoms with van der Waals surface area (Å²) in [6, 6.07) is 23.5. The number of rotatable bonds is 6. The molecule has 0 bridgehead atoms. The smallest absolute Gasteiger partial charge is 0.181 e. The second-order valence-corrected chi connectivity index (χ2v) is 7.26. The highest BCUT2D eigenvalue weighted by atomic mass is 19.1. The molecule has 31 heavy (non-hydrogen) atoms. The number of nitrogens with one attached hydrogen (secondary N) is 1. The van der Waals surface area contributed by atoms with E-state index in [-0.39, 0.29) is 5.82 Å². The van der Waals surface area contributed by atoms with Gasteiger partial charge in [-0.2, -0.15) is 10.4 Å². The van der Waals surface area contributed by atoms with Crippen LogP contribution in [0.2, 0.25) is 0 Å². The number of aryl methyl sites for hydroxylation is 2. The van der Waals surface area contributed by atoms with Gasteiger partial charge in [-0.25, -0.2) is 9.37 Å². The molecule has 3 aromatic carbocycles. The lowest BCUT2D eigenvalue weighted by Crippen LogP contribution is -2.19. The molecule has 1 unspecified atom stereocenters. The molecule has 1 atom stereocenters. The first-order valence-electron chi connectivity index (χ1n) is 10.1. The van der Waals surface area contributed by atoms with E-state index in [2.05, 4.69) is 16.5 Å². The van der Waals surface area contributed by atoms with E-state index < -0.39 is 6.04 Å². The van der Waals surface area contributed by atoms with Gasteiger partial charge in [0, 0.05) is 23.9 Å². The summed E-state index contributed by atoms with van der Waals surface area (Å²) in [5.41, 5.74) is 3.75. The van der Waals surface area contributed by atoms with Gasteiger partial charge in [0.15, 0.2) is 11.6 Å². The minimum absolute atomic E-state index is 0.312. The molecule has 0 aliphatic carbocycles. The molecule has 154 valence electrons. The molecule has 0 aliphatic heterocycles. The summed E-state index contributed by atoms with van der Waals surface area (Å²) in [5, 5.41) is 17.0. The van der Waals surface area contributed by atoms with Crippen LogP contribution in [-0.2, 0) is 13.5 Å². The third-order valence-electron chi connectivity index (χ3n) is 5.19. The molecule has 0 spiro atoms. The highest BCUT2D eigenvalue weighted by Gasteiger charge is 2.24. The summed E-state index contributed by atoms with van der Waals surface area (Å²) in [4.78, 5) is 4.75. The molecule has 0 radical (unpaired) electrons. The van der Waals surface area contributed by atoms with Crippen LogP contribution in [0.1, 0.15) is 35.5 Å². The third-order valence-corrected chi connectivity index (χ3v) is 5.19. The van der Waals surface area contributed by atoms with Crippen LogP contribution in [-0.4, -0.2) is 14.8 Å². The fourth-order valence-electron chi connectivity index (χ4n) is 3.48. The second-order valence-electron chi connectivity index (χ2n) is 7.26. The monoisotopic (exact) mass is 411 g/mol. The molecule has 0 amide bonds. The summed E-state index contributed by atoms with van der Waals surface area (Å²) >= 11 is 0. The van der Waals surface area contributed by atoms with E-state index in [1.807, 2.05) is 62.5 Å². The molecule has 0 saturated heterocycles. The number of anilines is 1. The Hall–Kier alpha value is -3.98. The van der Waals surface area contributed by atoms with Gasteiger partial charge in [0.2, 0.25) is 0 Å². The zero-order chi connectivity index (χ0) is 21.8. The van der Waals surface area contributed by atoms with Crippen molar-refractivity contribution < 1.29 is 4.39 Å². The summed E-state index contributed by atoms with van der Waals surface area (Å²) in [6.45, 7) is 2.04. The Morgan fingerprint density at radius 2 is 1.81 bits per heavy atom. The van der Waals surface area contributed by atoms with Crippen molar-refractivity contribution >= 4 is 5.69 Å². The maximum atomic E-state index is 15.0. The molecule has 0 fully saturated rings. The molecule has 4 aromatic rings. The van der Waals surface area contributed by atoms with Crippen LogP contribution in [0.25, 0.3) is 11.4 Å². The predicted molar refractivity (Wildman–Crippen MR) is 119 cm³/mol. The number of halogens is 1. The van der Waals surface area contributed by atoms with Gasteiger partial charge in [0.05, 0.1) is 11.6 Å². The molecule has 4 rings (SSSR count). The average Bonchev–Trinajstić information content (AvgIpc) is 3.20. The van der Waals surface area contributed by atoms with Crippen LogP contribution in [0.5, 0.6) is 0 Å². The molecule has 1 N–H and O–H groups in total. The summed E-state index contributed by atoms with van der Waals surface area (Å²) in [5.74, 6) is 0.861. The number of benzene rings is 3. The number of aromatic nitrogens is 3. The SMILES string of the molecule is CCc1ccc(F)c(C(Nc2ccc(C#N)cc2)c2nc(-c3ccccc3)nn2C)c1. The van der Waals surface area contributed by atoms with Crippen molar-refractivity contribution in [2.24, 2.45) is 7.05 Å². The normalized spacial score (nSPS) is 11.7. The Labute approximate surface area is 180 Å². The Balaban J connectivity index is 1.81. The van der Waals surface area contributed by atoms with Crippen molar-refractivity contribution in [3.8, 4) is 17.5 Å². The zero-order valence-electron chi connectivity index (χ0n) is 17.4. The topological polar surface area (TPSA) is 66.5 Å². The van der Waals surface area contributed by atoms with E-state index in [9.17, 15) is 4.39 Å². The van der Waals surface area contributed by atoms with Crippen LogP contribution in [0, 0.1) is 17.1 Å². The predicted octanol–water partition coefficient (Wildman–Crippen LogP) is 5.26. The van der Waals surface area contributed by atoms with Crippen molar-refractivity contribution in [1.82, 2.24) is 14.8 Å². The zero-order valence-corrected chi connectivity index (χ0v) is 17.4. The molecule has 5 nitrogen and oxygen atoms in total. The van der Waals surface area contributed by atoms with Crippen molar-refractivity contribution in [3.05, 3.63) is 101 Å². The van der Waals surface area contributed by atoms with Crippen molar-refractivity contribution in [3.63, 3.8) is 0 Å². The minimum atomic E-state index is -0.561. The molecule has 0 aliphatic rings. The van der Waals surface area contributed by atoms with Crippen LogP contribution in [0.3, 0.4) is 0 Å². The van der Waals surface area contributed by atoms with E-state index in [1.54, 1.807) is 22.9 Å². The number of nitrogens with zero attached hydrogens (tertiary/aromatic N) is 4. The summed E-state index contributed by atoms with van der Waals surface area (Å²) < 4.78 is 16.7. The lowest BCUT2D eigenvalue weighted by Gasteiger charge is -2.21. The van der Waals surface area contributed by atoms with Gasteiger partial charge in [-0.15, -0.1) is 0 Å². The van der Waals surface area contributed by atoms with Crippen LogP contribution in [0.15, 0.2) is 72.8 Å². The first-order chi connectivity index (χ1) is 15.1. The number of hydrogen-bond donors (Lipinski definition) is 1. The Kier molecular flexibility index (Phi) is 5.76. The average molecular weight is 411 g/mol. The van der Waals surface area contributed by atoms with E-state index in [4.69, 9.17) is 10.2 Å². The Bertz CT molecular complexity index is 1220. The van der Waals surface area contributed by atoms with Gasteiger partial charge in [-0.05, 0) is 42.3 Å². The third kappa shape index (κ3) is 4.31. The molecule has 6 heteroatoms. The maximum Gasteiger partial charge on any atom is 0.181 e. The van der Waals surface area contributed by atoms with Gasteiger partial charge in [-0.1, -0.05) is 49.4 Å². The largest absolute Gasteiger partial charge is 0.371 e. The van der Waals surface area contributed by atoms with Crippen molar-refractivity contribution in [1.29, 1.82) is 5.26 Å². The van der Waals surface area contributed by atoms with Crippen LogP contribution < -0.4 is 5.32 Å². The van der Waals surface area contributed by atoms with Gasteiger partial charge >= 0.3 is 0 Å². The van der Waals surface area contributed by atoms with E-state index >= 15 is 0 Å². The molecular weight excluding hydrogens is 389 g/mol. The fraction of sp³-hybridized carbons (Fsp3) is 0.160. The molecule has 1 heterocycles. The molecule has 1 aromatic heterocycles. The quantitative estimate of drug-likeness (QED) is 0.470. The maximum absolute atomic E-state index is 15.0. The van der Waals surface area contributed by atoms with Gasteiger partial charge in [0.25, 0.3) is 0 Å². The summed E-state index contributed by atoms with van der Waals surface area (Å²) in [7, 11) is 1.81. The van der Waals surface area contributed by atoms with Crippen molar-refractivity contribution in [2.45, 2.75) is 19.4 Å². The van der Waals surface area contributed by atoms with Gasteiger partial charge < -0.3 is 5.32 Å². The van der Waals surface area contributed by atoms with E-state index in [0.29, 0.717) is 22.8 Å². The van der Waals surface area contributed by atoms with Gasteiger partial charge in [0.1, 0.15) is 11.9 Å². The minimum Gasteiger partial charge on any atom is -0.371 e. The summed E-state index contributed by atoms with van der Waals surface area (Å²) in [6.07, 6.45) is 0.797. The number of nitriles is 1. The van der Waals surface area contributed by atoms with E-state index in [0.717, 1.165) is 23.2 Å². The Morgan fingerprint density at radius 1 is 1.06 bits per heavy atom. The molecular formula is C25H22FN5. The molecule has 0 saturated carbocycles. The second kappa shape index (κ2) is 8.80.